The summed E-state index contributed by atoms with van der Waals surface area (Å²) >= 11 is 0.0608. The maximum absolute atomic E-state index is 11.0. The Balaban J connectivity index is 2.63. The molecular formula is C6H10N2OSe. The third-order valence-corrected chi connectivity index (χ3v) is 4.18. The fourth-order valence-electron chi connectivity index (χ4n) is 0.832. The normalized spacial score (nSPS) is 25.7. The molecule has 3 nitrogen and oxygen atoms in total. The number of rotatable bonds is 1. The van der Waals surface area contributed by atoms with E-state index in [4.69, 9.17) is 5.41 Å². The maximum atomic E-state index is 11.0. The molecule has 0 aromatic rings. The first-order chi connectivity index (χ1) is 4.61. The molecule has 1 rings (SSSR count). The number of carbonyl (C=O) groups excluding carboxylic acids is 1. The SMILES string of the molecule is CC(C)C1[Se]C(=N)NC1=O. The molecule has 2 N–H and O–H groups in total. The molecule has 0 aliphatic carbocycles. The van der Waals surface area contributed by atoms with E-state index in [1.165, 1.54) is 0 Å². The summed E-state index contributed by atoms with van der Waals surface area (Å²) in [5.74, 6) is 0.419. The molecular weight excluding hydrogens is 195 g/mol. The van der Waals surface area contributed by atoms with Gasteiger partial charge in [0, 0.05) is 0 Å². The van der Waals surface area contributed by atoms with Crippen LogP contribution < -0.4 is 5.32 Å². The summed E-state index contributed by atoms with van der Waals surface area (Å²) < 4.78 is 0.427. The van der Waals surface area contributed by atoms with Crippen LogP contribution in [0.4, 0.5) is 0 Å². The van der Waals surface area contributed by atoms with Crippen LogP contribution >= 0.6 is 0 Å². The second kappa shape index (κ2) is 2.72. The number of hydrogen-bond donors (Lipinski definition) is 2. The first kappa shape index (κ1) is 7.76. The Bertz CT molecular complexity index is 179. The molecule has 0 aromatic heterocycles. The number of amides is 1. The molecule has 56 valence electrons. The quantitative estimate of drug-likeness (QED) is 0.590. The fourth-order valence-corrected chi connectivity index (χ4v) is 2.62. The van der Waals surface area contributed by atoms with Crippen molar-refractivity contribution in [3.8, 4) is 0 Å². The van der Waals surface area contributed by atoms with Crippen molar-refractivity contribution in [2.75, 3.05) is 0 Å². The molecule has 0 saturated carbocycles. The van der Waals surface area contributed by atoms with Crippen molar-refractivity contribution < 1.29 is 4.79 Å². The predicted octanol–water partition coefficient (Wildman–Crippen LogP) is 0.200. The second-order valence-corrected chi connectivity index (χ2v) is 5.02. The van der Waals surface area contributed by atoms with Crippen LogP contribution in [-0.2, 0) is 4.79 Å². The minimum atomic E-state index is 0.0417. The van der Waals surface area contributed by atoms with Crippen molar-refractivity contribution in [3.63, 3.8) is 0 Å². The van der Waals surface area contributed by atoms with Crippen LogP contribution in [0.2, 0.25) is 4.82 Å². The number of hydrogen-bond acceptors (Lipinski definition) is 2. The molecule has 10 heavy (non-hydrogen) atoms. The topological polar surface area (TPSA) is 53.0 Å². The van der Waals surface area contributed by atoms with E-state index in [1.54, 1.807) is 0 Å². The summed E-state index contributed by atoms with van der Waals surface area (Å²) in [5, 5.41) is 9.72. The van der Waals surface area contributed by atoms with Crippen LogP contribution in [0.25, 0.3) is 0 Å². The number of nitrogens with one attached hydrogen (secondary N) is 2. The Morgan fingerprint density at radius 3 is 2.50 bits per heavy atom. The molecule has 1 heterocycles. The summed E-state index contributed by atoms with van der Waals surface area (Å²) in [6.45, 7) is 4.04. The van der Waals surface area contributed by atoms with E-state index >= 15 is 0 Å². The third kappa shape index (κ3) is 1.39. The molecule has 1 saturated heterocycles. The molecule has 4 heteroatoms. The van der Waals surface area contributed by atoms with Crippen molar-refractivity contribution in [2.45, 2.75) is 18.7 Å². The van der Waals surface area contributed by atoms with Crippen molar-refractivity contribution >= 4 is 25.6 Å². The van der Waals surface area contributed by atoms with E-state index in [9.17, 15) is 4.79 Å². The van der Waals surface area contributed by atoms with E-state index in [2.05, 4.69) is 5.32 Å². The number of carbonyl (C=O) groups is 1. The van der Waals surface area contributed by atoms with Gasteiger partial charge in [-0.25, -0.2) is 0 Å². The molecule has 0 aromatic carbocycles. The van der Waals surface area contributed by atoms with Gasteiger partial charge in [-0.1, -0.05) is 0 Å². The third-order valence-electron chi connectivity index (χ3n) is 1.35. The zero-order valence-corrected chi connectivity index (χ0v) is 7.68. The van der Waals surface area contributed by atoms with Gasteiger partial charge in [0.1, 0.15) is 0 Å². The van der Waals surface area contributed by atoms with Gasteiger partial charge in [-0.2, -0.15) is 0 Å². The van der Waals surface area contributed by atoms with Gasteiger partial charge < -0.3 is 0 Å². The van der Waals surface area contributed by atoms with Gasteiger partial charge in [0.25, 0.3) is 0 Å². The molecule has 0 radical (unpaired) electrons. The van der Waals surface area contributed by atoms with Crippen LogP contribution in [0.5, 0.6) is 0 Å². The first-order valence-corrected chi connectivity index (χ1v) is 5.02. The molecule has 1 aliphatic heterocycles. The first-order valence-electron chi connectivity index (χ1n) is 3.17. The van der Waals surface area contributed by atoms with E-state index in [0.717, 1.165) is 0 Å². The zero-order chi connectivity index (χ0) is 7.72. The molecule has 1 amide bonds. The summed E-state index contributed by atoms with van der Waals surface area (Å²) in [6.07, 6.45) is 0. The van der Waals surface area contributed by atoms with Crippen molar-refractivity contribution in [1.29, 1.82) is 5.41 Å². The van der Waals surface area contributed by atoms with Crippen LogP contribution in [0.1, 0.15) is 13.8 Å². The Hall–Kier alpha value is -0.341. The van der Waals surface area contributed by atoms with Crippen LogP contribution in [0, 0.1) is 11.3 Å². The molecule has 0 spiro atoms. The van der Waals surface area contributed by atoms with Gasteiger partial charge in [0.05, 0.1) is 0 Å². The van der Waals surface area contributed by atoms with E-state index in [-0.39, 0.29) is 25.7 Å². The molecule has 1 aliphatic rings. The minimum absolute atomic E-state index is 0.0417. The Labute approximate surface area is 66.2 Å². The Kier molecular flexibility index (Phi) is 2.11. The van der Waals surface area contributed by atoms with Crippen molar-refractivity contribution in [2.24, 2.45) is 5.92 Å². The zero-order valence-electron chi connectivity index (χ0n) is 5.97. The predicted molar refractivity (Wildman–Crippen MR) is 40.2 cm³/mol. The fraction of sp³-hybridized carbons (Fsp3) is 0.667. The standard InChI is InChI=1S/C6H10N2OSe/c1-3(2)4-5(9)8-6(7)10-4/h3-4H,1-2H3,(H2,7,8,9). The molecule has 1 fully saturated rings. The van der Waals surface area contributed by atoms with Crippen LogP contribution in [-0.4, -0.2) is 25.6 Å². The van der Waals surface area contributed by atoms with E-state index < -0.39 is 0 Å². The summed E-state index contributed by atoms with van der Waals surface area (Å²) in [6, 6.07) is 0. The van der Waals surface area contributed by atoms with Crippen LogP contribution in [0.3, 0.4) is 0 Å². The van der Waals surface area contributed by atoms with Gasteiger partial charge in [-0.05, 0) is 0 Å². The van der Waals surface area contributed by atoms with E-state index in [1.807, 2.05) is 13.8 Å². The molecule has 0 bridgehead atoms. The van der Waals surface area contributed by atoms with Crippen LogP contribution in [0.15, 0.2) is 0 Å². The molecule has 1 unspecified atom stereocenters. The van der Waals surface area contributed by atoms with Crippen molar-refractivity contribution in [3.05, 3.63) is 0 Å². The monoisotopic (exact) mass is 206 g/mol. The van der Waals surface area contributed by atoms with Gasteiger partial charge >= 0.3 is 65.7 Å². The Morgan fingerprint density at radius 2 is 2.30 bits per heavy atom. The van der Waals surface area contributed by atoms with E-state index in [0.29, 0.717) is 10.7 Å². The average molecular weight is 205 g/mol. The van der Waals surface area contributed by atoms with Crippen molar-refractivity contribution in [1.82, 2.24) is 5.32 Å². The van der Waals surface area contributed by atoms with Gasteiger partial charge in [-0.3, -0.25) is 0 Å². The summed E-state index contributed by atoms with van der Waals surface area (Å²) in [4.78, 5) is 11.1. The van der Waals surface area contributed by atoms with Gasteiger partial charge in [0.2, 0.25) is 0 Å². The molecule has 1 atom stereocenters. The summed E-state index contributed by atoms with van der Waals surface area (Å²) in [5.41, 5.74) is 0. The summed E-state index contributed by atoms with van der Waals surface area (Å²) in [7, 11) is 0. The second-order valence-electron chi connectivity index (χ2n) is 2.60. The Morgan fingerprint density at radius 1 is 1.70 bits per heavy atom. The number of amidine groups is 1. The average Bonchev–Trinajstić information content (AvgIpc) is 2.10. The van der Waals surface area contributed by atoms with Gasteiger partial charge in [0.15, 0.2) is 0 Å². The van der Waals surface area contributed by atoms with Gasteiger partial charge in [-0.15, -0.1) is 0 Å².